The molecule has 1 aliphatic heterocycles. The van der Waals surface area contributed by atoms with Crippen LogP contribution in [0.5, 0.6) is 0 Å². The van der Waals surface area contributed by atoms with E-state index in [9.17, 15) is 0 Å². The first kappa shape index (κ1) is 7.80. The van der Waals surface area contributed by atoms with Gasteiger partial charge >= 0.3 is 0 Å². The minimum absolute atomic E-state index is 0.637. The Hall–Kier alpha value is -0.830. The highest BCUT2D eigenvalue weighted by Gasteiger charge is 2.09. The first-order valence-electron chi connectivity index (χ1n) is 3.72. The average molecular weight is 226 g/mol. The first-order chi connectivity index (χ1) is 5.75. The zero-order chi connectivity index (χ0) is 8.55. The Morgan fingerprint density at radius 1 is 1.50 bits per heavy atom. The standard InChI is InChI=1S/C9H8BrNO/c1-6-11-9-4-8(10)3-2-7(9)5-12-6/h2-4H,5H2,1H3. The van der Waals surface area contributed by atoms with Gasteiger partial charge in [0.1, 0.15) is 6.61 Å². The van der Waals surface area contributed by atoms with Crippen molar-refractivity contribution in [3.05, 3.63) is 28.2 Å². The predicted octanol–water partition coefficient (Wildman–Crippen LogP) is 3.03. The van der Waals surface area contributed by atoms with Crippen molar-refractivity contribution < 1.29 is 4.74 Å². The number of nitrogens with zero attached hydrogens (tertiary/aromatic N) is 1. The minimum atomic E-state index is 0.637. The molecule has 2 rings (SSSR count). The van der Waals surface area contributed by atoms with Gasteiger partial charge in [0, 0.05) is 17.0 Å². The molecule has 0 fully saturated rings. The van der Waals surface area contributed by atoms with Gasteiger partial charge in [-0.2, -0.15) is 0 Å². The Kier molecular flexibility index (Phi) is 1.89. The molecule has 1 heterocycles. The van der Waals surface area contributed by atoms with Gasteiger partial charge in [0.25, 0.3) is 0 Å². The van der Waals surface area contributed by atoms with E-state index in [0.29, 0.717) is 6.61 Å². The van der Waals surface area contributed by atoms with Gasteiger partial charge in [-0.05, 0) is 12.1 Å². The van der Waals surface area contributed by atoms with Crippen LogP contribution in [-0.4, -0.2) is 5.90 Å². The number of rotatable bonds is 0. The van der Waals surface area contributed by atoms with Crippen molar-refractivity contribution in [3.63, 3.8) is 0 Å². The van der Waals surface area contributed by atoms with Gasteiger partial charge in [-0.1, -0.05) is 22.0 Å². The summed E-state index contributed by atoms with van der Waals surface area (Å²) in [6.45, 7) is 2.50. The van der Waals surface area contributed by atoms with E-state index in [2.05, 4.69) is 20.9 Å². The molecule has 0 saturated heterocycles. The maximum absolute atomic E-state index is 5.28. The fraction of sp³-hybridized carbons (Fsp3) is 0.222. The Bertz CT molecular complexity index is 346. The van der Waals surface area contributed by atoms with Crippen LogP contribution < -0.4 is 0 Å². The Morgan fingerprint density at radius 3 is 3.17 bits per heavy atom. The summed E-state index contributed by atoms with van der Waals surface area (Å²) in [4.78, 5) is 4.27. The molecule has 1 aliphatic rings. The zero-order valence-electron chi connectivity index (χ0n) is 6.67. The number of halogens is 1. The molecule has 1 aromatic carbocycles. The number of fused-ring (bicyclic) bond motifs is 1. The summed E-state index contributed by atoms with van der Waals surface area (Å²) in [6.07, 6.45) is 0. The quantitative estimate of drug-likeness (QED) is 0.666. The lowest BCUT2D eigenvalue weighted by Crippen LogP contribution is -2.04. The van der Waals surface area contributed by atoms with Gasteiger partial charge in [-0.3, -0.25) is 0 Å². The molecule has 2 nitrogen and oxygen atoms in total. The molecule has 0 spiro atoms. The first-order valence-corrected chi connectivity index (χ1v) is 4.51. The van der Waals surface area contributed by atoms with Crippen LogP contribution in [0.2, 0.25) is 0 Å². The number of ether oxygens (including phenoxy) is 1. The highest BCUT2D eigenvalue weighted by atomic mass is 79.9. The van der Waals surface area contributed by atoms with Crippen LogP contribution in [0, 0.1) is 0 Å². The summed E-state index contributed by atoms with van der Waals surface area (Å²) in [5, 5.41) is 0. The van der Waals surface area contributed by atoms with E-state index in [4.69, 9.17) is 4.74 Å². The second kappa shape index (κ2) is 2.90. The van der Waals surface area contributed by atoms with Crippen molar-refractivity contribution in [1.29, 1.82) is 0 Å². The lowest BCUT2D eigenvalue weighted by Gasteiger charge is -2.14. The molecule has 0 amide bonds. The third-order valence-electron chi connectivity index (χ3n) is 1.76. The Labute approximate surface area is 79.4 Å². The van der Waals surface area contributed by atoms with E-state index >= 15 is 0 Å². The van der Waals surface area contributed by atoms with Crippen LogP contribution in [0.15, 0.2) is 27.7 Å². The van der Waals surface area contributed by atoms with Gasteiger partial charge in [0.2, 0.25) is 0 Å². The number of hydrogen-bond donors (Lipinski definition) is 0. The largest absolute Gasteiger partial charge is 0.476 e. The van der Waals surface area contributed by atoms with Crippen LogP contribution >= 0.6 is 15.9 Å². The van der Waals surface area contributed by atoms with Crippen LogP contribution in [0.4, 0.5) is 5.69 Å². The summed E-state index contributed by atoms with van der Waals surface area (Å²) >= 11 is 3.40. The molecule has 0 N–H and O–H groups in total. The van der Waals surface area contributed by atoms with Crippen LogP contribution in [0.1, 0.15) is 12.5 Å². The normalized spacial score (nSPS) is 14.7. The molecular weight excluding hydrogens is 218 g/mol. The molecule has 0 unspecified atom stereocenters. The van der Waals surface area contributed by atoms with E-state index in [1.807, 2.05) is 25.1 Å². The SMILES string of the molecule is CC1=Nc2cc(Br)ccc2CO1. The monoisotopic (exact) mass is 225 g/mol. The zero-order valence-corrected chi connectivity index (χ0v) is 8.26. The number of hydrogen-bond acceptors (Lipinski definition) is 2. The third-order valence-corrected chi connectivity index (χ3v) is 2.26. The lowest BCUT2D eigenvalue weighted by molar-refractivity contribution is 0.284. The van der Waals surface area contributed by atoms with Crippen LogP contribution in [0.3, 0.4) is 0 Å². The number of aliphatic imine (C=N–C) groups is 1. The van der Waals surface area contributed by atoms with Crippen molar-refractivity contribution in [2.75, 3.05) is 0 Å². The van der Waals surface area contributed by atoms with Crippen LogP contribution in [0.25, 0.3) is 0 Å². The van der Waals surface area contributed by atoms with Crippen LogP contribution in [-0.2, 0) is 11.3 Å². The molecule has 0 bridgehead atoms. The van der Waals surface area contributed by atoms with E-state index in [-0.39, 0.29) is 0 Å². The molecule has 1 aromatic rings. The van der Waals surface area contributed by atoms with Gasteiger partial charge in [0.15, 0.2) is 5.90 Å². The van der Waals surface area contributed by atoms with E-state index in [1.54, 1.807) is 0 Å². The summed E-state index contributed by atoms with van der Waals surface area (Å²) in [5.74, 6) is 0.737. The predicted molar refractivity (Wildman–Crippen MR) is 51.7 cm³/mol. The average Bonchev–Trinajstić information content (AvgIpc) is 2.03. The van der Waals surface area contributed by atoms with E-state index < -0.39 is 0 Å². The second-order valence-corrected chi connectivity index (χ2v) is 3.61. The maximum atomic E-state index is 5.28. The molecule has 0 radical (unpaired) electrons. The van der Waals surface area contributed by atoms with E-state index in [1.165, 1.54) is 0 Å². The maximum Gasteiger partial charge on any atom is 0.185 e. The summed E-state index contributed by atoms with van der Waals surface area (Å²) < 4.78 is 6.33. The summed E-state index contributed by atoms with van der Waals surface area (Å²) in [6, 6.07) is 6.02. The highest BCUT2D eigenvalue weighted by Crippen LogP contribution is 2.27. The smallest absolute Gasteiger partial charge is 0.185 e. The van der Waals surface area contributed by atoms with Gasteiger partial charge in [-0.25, -0.2) is 4.99 Å². The fourth-order valence-corrected chi connectivity index (χ4v) is 1.50. The van der Waals surface area contributed by atoms with Crippen molar-refractivity contribution in [2.24, 2.45) is 4.99 Å². The van der Waals surface area contributed by atoms with Gasteiger partial charge in [0.05, 0.1) is 5.69 Å². The molecule has 62 valence electrons. The minimum Gasteiger partial charge on any atom is -0.476 e. The topological polar surface area (TPSA) is 21.6 Å². The summed E-state index contributed by atoms with van der Waals surface area (Å²) in [5.41, 5.74) is 2.15. The molecule has 0 atom stereocenters. The Balaban J connectivity index is 2.53. The summed E-state index contributed by atoms with van der Waals surface area (Å²) in [7, 11) is 0. The highest BCUT2D eigenvalue weighted by molar-refractivity contribution is 9.10. The third kappa shape index (κ3) is 1.37. The van der Waals surface area contributed by atoms with Gasteiger partial charge in [-0.15, -0.1) is 0 Å². The molecule has 0 saturated carbocycles. The molecule has 3 heteroatoms. The van der Waals surface area contributed by atoms with Crippen molar-refractivity contribution in [2.45, 2.75) is 13.5 Å². The molecular formula is C9H8BrNO. The molecule has 12 heavy (non-hydrogen) atoms. The molecule has 0 aromatic heterocycles. The second-order valence-electron chi connectivity index (χ2n) is 2.69. The lowest BCUT2D eigenvalue weighted by atomic mass is 10.2. The van der Waals surface area contributed by atoms with Crippen molar-refractivity contribution in [3.8, 4) is 0 Å². The Morgan fingerprint density at radius 2 is 2.33 bits per heavy atom. The van der Waals surface area contributed by atoms with Crippen molar-refractivity contribution >= 4 is 27.5 Å². The fourth-order valence-electron chi connectivity index (χ4n) is 1.15. The number of benzene rings is 1. The molecule has 0 aliphatic carbocycles. The van der Waals surface area contributed by atoms with Crippen molar-refractivity contribution in [1.82, 2.24) is 0 Å². The van der Waals surface area contributed by atoms with E-state index in [0.717, 1.165) is 21.6 Å². The van der Waals surface area contributed by atoms with Gasteiger partial charge < -0.3 is 4.74 Å².